The van der Waals surface area contributed by atoms with E-state index in [0.717, 1.165) is 0 Å². The Kier molecular flexibility index (Phi) is 24.4. The lowest BCUT2D eigenvalue weighted by molar-refractivity contribution is 1.45. The van der Waals surface area contributed by atoms with Crippen molar-refractivity contribution in [2.45, 2.75) is 34.6 Å². The van der Waals surface area contributed by atoms with Crippen LogP contribution in [0.15, 0.2) is 443 Å². The SMILES string of the molecule is Cc1cc(-c2ccccc2)cc(-c2ccccc2)c1.Cc1ccc(-c2cc(-c3ccccc3)cc(-c3ccccc3)c2)cc1.Cc1ccc(-c2ccccc2)c(-c2ccccc2)c1.Cc1ccc(-c2ccccc2)cc1-c1ccccc1.Cc1cccc(-c2ccccc2-c2ccccc2-c2ccccc2)c1. The number of hydrogen-bond acceptors (Lipinski definition) is 0. The number of hydrogen-bond donors (Lipinski definition) is 0. The summed E-state index contributed by atoms with van der Waals surface area (Å²) < 4.78 is 0. The topological polar surface area (TPSA) is 0 Å². The van der Waals surface area contributed by atoms with Gasteiger partial charge < -0.3 is 0 Å². The molecule has 0 spiro atoms. The van der Waals surface area contributed by atoms with E-state index < -0.39 is 0 Å². The Morgan fingerprint density at radius 3 is 0.738 bits per heavy atom. The van der Waals surface area contributed by atoms with Crippen molar-refractivity contribution in [2.75, 3.05) is 0 Å². The average Bonchev–Trinajstić information content (AvgIpc) is 0.767. The van der Waals surface area contributed by atoms with Gasteiger partial charge in [-0.2, -0.15) is 0 Å². The van der Waals surface area contributed by atoms with Crippen molar-refractivity contribution in [3.63, 3.8) is 0 Å². The molecule has 17 rings (SSSR count). The smallest absolute Gasteiger partial charge is 0.00992 e. The second kappa shape index (κ2) is 36.2. The standard InChI is InChI=1S/2C25H20.3C19H16/c1-19-12-14-22(15-13-19)25-17-23(20-8-4-2-5-9-20)16-24(18-25)21-10-6-3-7-11-21;1-19-10-9-13-21(18-19)23-15-6-8-17-25(23)24-16-7-5-14-22(24)20-11-3-2-4-12-20;1-15-12-18(16-8-4-2-5-9-16)14-19(13-15)17-10-6-3-7-11-17;1-15-12-13-18(16-8-4-2-5-9-16)14-19(15)17-10-6-3-7-11-17;1-15-12-13-18(16-8-4-2-5-9-16)19(14-15)17-10-6-3-7-11-17/h2*2-18H,1H3;3*2-14H,1H3. The van der Waals surface area contributed by atoms with Crippen LogP contribution in [-0.4, -0.2) is 0 Å². The van der Waals surface area contributed by atoms with Gasteiger partial charge in [-0.05, 0) is 210 Å². The first-order valence-electron chi connectivity index (χ1n) is 36.9. The molecule has 0 amide bonds. The highest BCUT2D eigenvalue weighted by atomic mass is 14.2. The Labute approximate surface area is 634 Å². The fourth-order valence-corrected chi connectivity index (χ4v) is 13.6. The van der Waals surface area contributed by atoms with E-state index in [4.69, 9.17) is 0 Å². The van der Waals surface area contributed by atoms with Gasteiger partial charge in [0.15, 0.2) is 0 Å². The molecular weight excluding hydrogens is 1290 g/mol. The summed E-state index contributed by atoms with van der Waals surface area (Å²) in [6, 6.07) is 157. The lowest BCUT2D eigenvalue weighted by atomic mass is 9.89. The van der Waals surface area contributed by atoms with Gasteiger partial charge >= 0.3 is 0 Å². The van der Waals surface area contributed by atoms with Crippen LogP contribution in [0, 0.1) is 34.6 Å². The minimum Gasteiger partial charge on any atom is -0.0622 e. The number of rotatable bonds is 12. The second-order valence-electron chi connectivity index (χ2n) is 27.1. The second-order valence-corrected chi connectivity index (χ2v) is 27.1. The van der Waals surface area contributed by atoms with Gasteiger partial charge in [0.25, 0.3) is 0 Å². The van der Waals surface area contributed by atoms with E-state index in [2.05, 4.69) is 477 Å². The van der Waals surface area contributed by atoms with E-state index in [9.17, 15) is 0 Å². The fraction of sp³-hybridized carbons (Fsp3) is 0.0467. The Bertz CT molecular complexity index is 5480. The molecule has 0 heterocycles. The lowest BCUT2D eigenvalue weighted by Gasteiger charge is -2.15. The number of aryl methyl sites for hydroxylation is 5. The quantitative estimate of drug-likeness (QED) is 0.114. The summed E-state index contributed by atoms with van der Waals surface area (Å²) in [4.78, 5) is 0. The highest BCUT2D eigenvalue weighted by Crippen LogP contribution is 2.40. The van der Waals surface area contributed by atoms with E-state index in [0.29, 0.717) is 0 Å². The van der Waals surface area contributed by atoms with Gasteiger partial charge in [-0.25, -0.2) is 0 Å². The molecule has 0 aliphatic heterocycles. The van der Waals surface area contributed by atoms with Crippen LogP contribution in [0.5, 0.6) is 0 Å². The summed E-state index contributed by atoms with van der Waals surface area (Å²) in [5, 5.41) is 0. The van der Waals surface area contributed by atoms with Gasteiger partial charge in [0, 0.05) is 0 Å². The molecule has 0 aromatic heterocycles. The van der Waals surface area contributed by atoms with Crippen molar-refractivity contribution in [3.05, 3.63) is 471 Å². The fourth-order valence-electron chi connectivity index (χ4n) is 13.6. The largest absolute Gasteiger partial charge is 0.0622 e. The van der Waals surface area contributed by atoms with Crippen molar-refractivity contribution in [2.24, 2.45) is 0 Å². The van der Waals surface area contributed by atoms with Crippen LogP contribution in [0.1, 0.15) is 27.8 Å². The third-order valence-electron chi connectivity index (χ3n) is 19.2. The molecular formula is C107H88. The van der Waals surface area contributed by atoms with Gasteiger partial charge in [0.1, 0.15) is 0 Å². The molecule has 0 saturated heterocycles. The summed E-state index contributed by atoms with van der Waals surface area (Å²) in [7, 11) is 0. The molecule has 0 radical (unpaired) electrons. The monoisotopic (exact) mass is 1370 g/mol. The molecule has 0 saturated carbocycles. The van der Waals surface area contributed by atoms with Gasteiger partial charge in [-0.1, -0.05) is 429 Å². The minimum absolute atomic E-state index is 1.24. The third kappa shape index (κ3) is 19.3. The molecule has 516 valence electrons. The molecule has 0 bridgehead atoms. The van der Waals surface area contributed by atoms with Crippen molar-refractivity contribution in [1.82, 2.24) is 0 Å². The maximum Gasteiger partial charge on any atom is -0.00992 e. The van der Waals surface area contributed by atoms with E-state index >= 15 is 0 Å². The van der Waals surface area contributed by atoms with Crippen LogP contribution >= 0.6 is 0 Å². The Morgan fingerprint density at radius 2 is 0.355 bits per heavy atom. The molecule has 0 aliphatic rings. The van der Waals surface area contributed by atoms with Crippen LogP contribution in [0.3, 0.4) is 0 Å². The first-order chi connectivity index (χ1) is 52.6. The maximum atomic E-state index is 2.28. The molecule has 17 aromatic rings. The Hall–Kier alpha value is -13.3. The van der Waals surface area contributed by atoms with Gasteiger partial charge in [-0.3, -0.25) is 0 Å². The normalized spacial score (nSPS) is 10.5. The predicted octanol–water partition coefficient (Wildman–Crippen LogP) is 30.0. The summed E-state index contributed by atoms with van der Waals surface area (Å²) in [5.41, 5.74) is 36.9. The zero-order valence-corrected chi connectivity index (χ0v) is 61.6. The third-order valence-corrected chi connectivity index (χ3v) is 19.2. The number of benzene rings is 17. The van der Waals surface area contributed by atoms with Crippen LogP contribution in [-0.2, 0) is 0 Å². The Balaban J connectivity index is 0.000000119. The van der Waals surface area contributed by atoms with Crippen LogP contribution in [0.25, 0.3) is 134 Å². The van der Waals surface area contributed by atoms with Gasteiger partial charge in [0.2, 0.25) is 0 Å². The minimum atomic E-state index is 1.24. The van der Waals surface area contributed by atoms with Crippen LogP contribution < -0.4 is 0 Å². The van der Waals surface area contributed by atoms with Crippen molar-refractivity contribution in [3.8, 4) is 134 Å². The first-order valence-corrected chi connectivity index (χ1v) is 36.9. The molecule has 0 heteroatoms. The summed E-state index contributed by atoms with van der Waals surface area (Å²) >= 11 is 0. The molecule has 0 fully saturated rings. The molecule has 17 aromatic carbocycles. The van der Waals surface area contributed by atoms with Crippen molar-refractivity contribution >= 4 is 0 Å². The molecule has 0 N–H and O–H groups in total. The molecule has 0 unspecified atom stereocenters. The van der Waals surface area contributed by atoms with Crippen LogP contribution in [0.2, 0.25) is 0 Å². The van der Waals surface area contributed by atoms with Crippen LogP contribution in [0.4, 0.5) is 0 Å². The summed E-state index contributed by atoms with van der Waals surface area (Å²) in [6.07, 6.45) is 0. The molecule has 0 aliphatic carbocycles. The average molecular weight is 1370 g/mol. The molecule has 0 nitrogen and oxygen atoms in total. The maximum absolute atomic E-state index is 2.28. The lowest BCUT2D eigenvalue weighted by Crippen LogP contribution is -1.89. The Morgan fingerprint density at radius 1 is 0.103 bits per heavy atom. The highest BCUT2D eigenvalue weighted by Gasteiger charge is 2.14. The summed E-state index contributed by atoms with van der Waals surface area (Å²) in [6.45, 7) is 10.7. The zero-order valence-electron chi connectivity index (χ0n) is 61.6. The zero-order chi connectivity index (χ0) is 73.4. The first kappa shape index (κ1) is 72.1. The van der Waals surface area contributed by atoms with E-state index in [1.54, 1.807) is 0 Å². The van der Waals surface area contributed by atoms with E-state index in [1.165, 1.54) is 161 Å². The molecule has 0 atom stereocenters. The van der Waals surface area contributed by atoms with E-state index in [-0.39, 0.29) is 0 Å². The van der Waals surface area contributed by atoms with Gasteiger partial charge in [-0.15, -0.1) is 0 Å². The molecule has 107 heavy (non-hydrogen) atoms. The predicted molar refractivity (Wildman–Crippen MR) is 461 cm³/mol. The van der Waals surface area contributed by atoms with Gasteiger partial charge in [0.05, 0.1) is 0 Å². The van der Waals surface area contributed by atoms with Crippen molar-refractivity contribution in [1.29, 1.82) is 0 Å². The van der Waals surface area contributed by atoms with Crippen molar-refractivity contribution < 1.29 is 0 Å². The highest BCUT2D eigenvalue weighted by molar-refractivity contribution is 5.92. The summed E-state index contributed by atoms with van der Waals surface area (Å²) in [5.74, 6) is 0. The van der Waals surface area contributed by atoms with E-state index in [1.807, 2.05) is 0 Å².